The van der Waals surface area contributed by atoms with Gasteiger partial charge in [0.25, 0.3) is 0 Å². The van der Waals surface area contributed by atoms with E-state index in [1.165, 1.54) is 6.33 Å². The van der Waals surface area contributed by atoms with Crippen molar-refractivity contribution in [3.63, 3.8) is 0 Å². The fraction of sp³-hybridized carbons (Fsp3) is 0.667. The third-order valence-corrected chi connectivity index (χ3v) is 5.07. The number of methoxy groups -OCH3 is 1. The average molecular weight is 300 g/mol. The monoisotopic (exact) mass is 300 g/mol. The third kappa shape index (κ3) is 3.50. The van der Waals surface area contributed by atoms with Gasteiger partial charge in [-0.25, -0.2) is 18.4 Å². The van der Waals surface area contributed by atoms with Crippen molar-refractivity contribution in [2.45, 2.75) is 13.3 Å². The molecule has 1 aromatic rings. The van der Waals surface area contributed by atoms with Gasteiger partial charge in [-0.05, 0) is 19.3 Å². The minimum Gasteiger partial charge on any atom is -0.490 e. The molecule has 1 fully saturated rings. The van der Waals surface area contributed by atoms with Crippen LogP contribution in [0.5, 0.6) is 5.75 Å². The van der Waals surface area contributed by atoms with Crippen LogP contribution in [-0.2, 0) is 9.84 Å². The first kappa shape index (κ1) is 14.8. The van der Waals surface area contributed by atoms with Gasteiger partial charge >= 0.3 is 0 Å². The molecule has 0 aliphatic carbocycles. The fourth-order valence-electron chi connectivity index (χ4n) is 2.26. The number of ether oxygens (including phenoxy) is 1. The van der Waals surface area contributed by atoms with Crippen molar-refractivity contribution in [1.82, 2.24) is 9.97 Å². The molecule has 0 bridgehead atoms. The maximum Gasteiger partial charge on any atom is 0.204 e. The summed E-state index contributed by atoms with van der Waals surface area (Å²) in [6.45, 7) is 3.27. The predicted octanol–water partition coefficient (Wildman–Crippen LogP) is 0.764. The molecule has 112 valence electrons. The highest BCUT2D eigenvalue weighted by atomic mass is 32.2. The second-order valence-electron chi connectivity index (χ2n) is 4.78. The van der Waals surface area contributed by atoms with Crippen molar-refractivity contribution in [3.05, 3.63) is 6.33 Å². The van der Waals surface area contributed by atoms with E-state index in [0.29, 0.717) is 30.4 Å². The van der Waals surface area contributed by atoms with Crippen LogP contribution in [0.2, 0.25) is 0 Å². The van der Waals surface area contributed by atoms with Gasteiger partial charge in [0.1, 0.15) is 6.33 Å². The molecule has 1 unspecified atom stereocenters. The molecule has 2 rings (SSSR count). The molecular weight excluding hydrogens is 280 g/mol. The van der Waals surface area contributed by atoms with Gasteiger partial charge in [-0.2, -0.15) is 0 Å². The smallest absolute Gasteiger partial charge is 0.204 e. The molecule has 20 heavy (non-hydrogen) atoms. The van der Waals surface area contributed by atoms with Gasteiger partial charge in [-0.1, -0.05) is 0 Å². The van der Waals surface area contributed by atoms with E-state index >= 15 is 0 Å². The Bertz CT molecular complexity index is 562. The van der Waals surface area contributed by atoms with Gasteiger partial charge in [-0.3, -0.25) is 0 Å². The molecule has 0 radical (unpaired) electrons. The molecule has 0 amide bonds. The first-order valence-electron chi connectivity index (χ1n) is 6.63. The molecule has 0 aromatic carbocycles. The fourth-order valence-corrected chi connectivity index (χ4v) is 4.12. The first-order valence-corrected chi connectivity index (χ1v) is 8.45. The second-order valence-corrected chi connectivity index (χ2v) is 7.01. The van der Waals surface area contributed by atoms with Crippen molar-refractivity contribution in [1.29, 1.82) is 0 Å². The summed E-state index contributed by atoms with van der Waals surface area (Å²) in [6.07, 6.45) is 2.15. The van der Waals surface area contributed by atoms with Crippen LogP contribution in [0.3, 0.4) is 0 Å². The number of hydrogen-bond donors (Lipinski definition) is 2. The summed E-state index contributed by atoms with van der Waals surface area (Å²) in [4.78, 5) is 8.27. The summed E-state index contributed by atoms with van der Waals surface area (Å²) in [7, 11) is -1.29. The SMILES string of the molecule is CCNc1ncnc(NCC2CCS(=O)(=O)C2)c1OC. The topological polar surface area (TPSA) is 93.2 Å². The Morgan fingerprint density at radius 3 is 2.60 bits per heavy atom. The minimum absolute atomic E-state index is 0.127. The molecule has 1 aromatic heterocycles. The zero-order chi connectivity index (χ0) is 14.6. The summed E-state index contributed by atoms with van der Waals surface area (Å²) >= 11 is 0. The van der Waals surface area contributed by atoms with Crippen LogP contribution < -0.4 is 15.4 Å². The standard InChI is InChI=1S/C12H20N4O3S/c1-3-13-11-10(19-2)12(16-8-15-11)14-6-9-4-5-20(17,18)7-9/h8-9H,3-7H2,1-2H3,(H2,13,14,15,16). The zero-order valence-corrected chi connectivity index (χ0v) is 12.5. The van der Waals surface area contributed by atoms with Crippen molar-refractivity contribution in [3.8, 4) is 5.75 Å². The Kier molecular flexibility index (Phi) is 4.64. The zero-order valence-electron chi connectivity index (χ0n) is 11.7. The maximum atomic E-state index is 11.4. The van der Waals surface area contributed by atoms with Crippen molar-refractivity contribution in [2.75, 3.05) is 42.3 Å². The molecule has 1 atom stereocenters. The van der Waals surface area contributed by atoms with E-state index in [2.05, 4.69) is 20.6 Å². The number of hydrogen-bond acceptors (Lipinski definition) is 7. The molecule has 8 heteroatoms. The Balaban J connectivity index is 2.04. The summed E-state index contributed by atoms with van der Waals surface area (Å²) in [6, 6.07) is 0. The van der Waals surface area contributed by atoms with E-state index in [4.69, 9.17) is 4.74 Å². The molecule has 0 spiro atoms. The lowest BCUT2D eigenvalue weighted by Gasteiger charge is -2.15. The Morgan fingerprint density at radius 1 is 1.35 bits per heavy atom. The van der Waals surface area contributed by atoms with Crippen molar-refractivity contribution >= 4 is 21.5 Å². The largest absolute Gasteiger partial charge is 0.490 e. The highest BCUT2D eigenvalue weighted by Gasteiger charge is 2.27. The molecular formula is C12H20N4O3S. The molecule has 1 aliphatic heterocycles. The van der Waals surface area contributed by atoms with Crippen molar-refractivity contribution < 1.29 is 13.2 Å². The summed E-state index contributed by atoms with van der Waals surface area (Å²) in [5.74, 6) is 2.42. The van der Waals surface area contributed by atoms with Crippen LogP contribution in [0.15, 0.2) is 6.33 Å². The average Bonchev–Trinajstić information content (AvgIpc) is 2.76. The molecule has 2 N–H and O–H groups in total. The Labute approximate surface area is 119 Å². The quantitative estimate of drug-likeness (QED) is 0.801. The normalized spacial score (nSPS) is 20.6. The lowest BCUT2D eigenvalue weighted by atomic mass is 10.1. The van der Waals surface area contributed by atoms with Gasteiger partial charge < -0.3 is 15.4 Å². The van der Waals surface area contributed by atoms with Gasteiger partial charge in [0, 0.05) is 13.1 Å². The number of sulfone groups is 1. The number of rotatable bonds is 6. The van der Waals surface area contributed by atoms with E-state index in [1.54, 1.807) is 7.11 Å². The highest BCUT2D eigenvalue weighted by Crippen LogP contribution is 2.29. The number of nitrogens with one attached hydrogen (secondary N) is 2. The van der Waals surface area contributed by atoms with Gasteiger partial charge in [0.15, 0.2) is 21.5 Å². The van der Waals surface area contributed by atoms with Crippen LogP contribution in [0, 0.1) is 5.92 Å². The number of nitrogens with zero attached hydrogens (tertiary/aromatic N) is 2. The molecule has 7 nitrogen and oxygen atoms in total. The highest BCUT2D eigenvalue weighted by molar-refractivity contribution is 7.91. The molecule has 1 saturated heterocycles. The second kappa shape index (κ2) is 6.25. The van der Waals surface area contributed by atoms with Crippen LogP contribution in [0.4, 0.5) is 11.6 Å². The van der Waals surface area contributed by atoms with E-state index in [0.717, 1.165) is 6.54 Å². The first-order chi connectivity index (χ1) is 9.55. The van der Waals surface area contributed by atoms with Crippen LogP contribution in [-0.4, -0.2) is 50.1 Å². The summed E-state index contributed by atoms with van der Waals surface area (Å²) in [5.41, 5.74) is 0. The maximum absolute atomic E-state index is 11.4. The Morgan fingerprint density at radius 2 is 2.05 bits per heavy atom. The van der Waals surface area contributed by atoms with Gasteiger partial charge in [0.2, 0.25) is 5.75 Å². The molecule has 0 saturated carbocycles. The summed E-state index contributed by atoms with van der Waals surface area (Å²) < 4.78 is 28.2. The molecule has 2 heterocycles. The van der Waals surface area contributed by atoms with Crippen LogP contribution in [0.1, 0.15) is 13.3 Å². The molecule has 1 aliphatic rings. The van der Waals surface area contributed by atoms with E-state index < -0.39 is 9.84 Å². The van der Waals surface area contributed by atoms with E-state index in [9.17, 15) is 8.42 Å². The number of anilines is 2. The summed E-state index contributed by atoms with van der Waals surface area (Å²) in [5, 5.41) is 6.26. The third-order valence-electron chi connectivity index (χ3n) is 3.24. The van der Waals surface area contributed by atoms with Gasteiger partial charge in [0.05, 0.1) is 18.6 Å². The van der Waals surface area contributed by atoms with E-state index in [1.807, 2.05) is 6.92 Å². The Hall–Kier alpha value is -1.57. The van der Waals surface area contributed by atoms with Gasteiger partial charge in [-0.15, -0.1) is 0 Å². The number of aromatic nitrogens is 2. The van der Waals surface area contributed by atoms with E-state index in [-0.39, 0.29) is 17.4 Å². The van der Waals surface area contributed by atoms with Crippen LogP contribution in [0.25, 0.3) is 0 Å². The minimum atomic E-state index is -2.85. The van der Waals surface area contributed by atoms with Crippen molar-refractivity contribution in [2.24, 2.45) is 5.92 Å². The van der Waals surface area contributed by atoms with Crippen LogP contribution >= 0.6 is 0 Å². The predicted molar refractivity (Wildman–Crippen MR) is 78.0 cm³/mol. The lowest BCUT2D eigenvalue weighted by molar-refractivity contribution is 0.414. The lowest BCUT2D eigenvalue weighted by Crippen LogP contribution is -2.17.